The van der Waals surface area contributed by atoms with Crippen LogP contribution in [0.5, 0.6) is 0 Å². The lowest BCUT2D eigenvalue weighted by atomic mass is 10.2. The summed E-state index contributed by atoms with van der Waals surface area (Å²) >= 11 is 0. The maximum atomic E-state index is 3.62. The number of rotatable bonds is 1. The standard InChI is InChI=1S/C8H19NSi/c1-10(2,3)8-6-4-5-7-9-8/h8-9H,4-7H2,1-3H3/t8-/m0/s1. The molecule has 0 aromatic heterocycles. The molecule has 0 aliphatic carbocycles. The van der Waals surface area contributed by atoms with Crippen molar-refractivity contribution in [3.8, 4) is 0 Å². The highest BCUT2D eigenvalue weighted by molar-refractivity contribution is 6.77. The van der Waals surface area contributed by atoms with Gasteiger partial charge in [0.15, 0.2) is 0 Å². The Kier molecular flexibility index (Phi) is 2.53. The van der Waals surface area contributed by atoms with Crippen LogP contribution in [0.4, 0.5) is 0 Å². The van der Waals surface area contributed by atoms with Crippen molar-refractivity contribution in [1.29, 1.82) is 0 Å². The smallest absolute Gasteiger partial charge is 0.0635 e. The average molecular weight is 157 g/mol. The molecule has 1 nitrogen and oxygen atoms in total. The van der Waals surface area contributed by atoms with Crippen molar-refractivity contribution in [1.82, 2.24) is 5.32 Å². The molecule has 0 unspecified atom stereocenters. The molecule has 1 aliphatic heterocycles. The molecule has 1 rings (SSSR count). The van der Waals surface area contributed by atoms with Crippen LogP contribution in [0.3, 0.4) is 0 Å². The van der Waals surface area contributed by atoms with Crippen molar-refractivity contribution in [3.63, 3.8) is 0 Å². The third-order valence-corrected chi connectivity index (χ3v) is 4.94. The summed E-state index contributed by atoms with van der Waals surface area (Å²) in [6.07, 6.45) is 4.26. The van der Waals surface area contributed by atoms with Gasteiger partial charge >= 0.3 is 0 Å². The second-order valence-electron chi connectivity index (χ2n) is 4.37. The fraction of sp³-hybridized carbons (Fsp3) is 1.00. The van der Waals surface area contributed by atoms with E-state index in [4.69, 9.17) is 0 Å². The Morgan fingerprint density at radius 3 is 2.20 bits per heavy atom. The summed E-state index contributed by atoms with van der Waals surface area (Å²) in [5, 5.41) is 3.62. The van der Waals surface area contributed by atoms with Crippen molar-refractivity contribution >= 4 is 8.07 Å². The van der Waals surface area contributed by atoms with Gasteiger partial charge in [-0.3, -0.25) is 0 Å². The number of hydrogen-bond donors (Lipinski definition) is 1. The highest BCUT2D eigenvalue weighted by Crippen LogP contribution is 2.16. The second-order valence-corrected chi connectivity index (χ2v) is 9.80. The highest BCUT2D eigenvalue weighted by Gasteiger charge is 2.27. The van der Waals surface area contributed by atoms with Crippen LogP contribution in [0.2, 0.25) is 19.6 Å². The van der Waals surface area contributed by atoms with Crippen molar-refractivity contribution in [2.45, 2.75) is 44.6 Å². The first kappa shape index (κ1) is 8.28. The molecule has 0 spiro atoms. The van der Waals surface area contributed by atoms with Gasteiger partial charge in [-0.2, -0.15) is 0 Å². The van der Waals surface area contributed by atoms with E-state index in [1.165, 1.54) is 25.8 Å². The van der Waals surface area contributed by atoms with Crippen LogP contribution in [0.15, 0.2) is 0 Å². The quantitative estimate of drug-likeness (QED) is 0.574. The molecule has 1 aliphatic rings. The molecule has 0 aromatic rings. The van der Waals surface area contributed by atoms with Crippen LogP contribution < -0.4 is 5.32 Å². The molecule has 1 heterocycles. The normalized spacial score (nSPS) is 28.5. The van der Waals surface area contributed by atoms with Gasteiger partial charge in [0, 0.05) is 0 Å². The average Bonchev–Trinajstić information content (AvgIpc) is 1.88. The van der Waals surface area contributed by atoms with Gasteiger partial charge in [0.1, 0.15) is 0 Å². The number of hydrogen-bond acceptors (Lipinski definition) is 1. The van der Waals surface area contributed by atoms with E-state index in [2.05, 4.69) is 25.0 Å². The van der Waals surface area contributed by atoms with Crippen LogP contribution >= 0.6 is 0 Å². The van der Waals surface area contributed by atoms with E-state index < -0.39 is 8.07 Å². The minimum atomic E-state index is -0.867. The first-order chi connectivity index (χ1) is 4.61. The van der Waals surface area contributed by atoms with E-state index >= 15 is 0 Å². The van der Waals surface area contributed by atoms with Gasteiger partial charge in [-0.1, -0.05) is 26.1 Å². The third-order valence-electron chi connectivity index (χ3n) is 2.36. The van der Waals surface area contributed by atoms with E-state index in [1.807, 2.05) is 0 Å². The molecule has 1 saturated heterocycles. The predicted octanol–water partition coefficient (Wildman–Crippen LogP) is 2.01. The fourth-order valence-corrected chi connectivity index (χ4v) is 3.42. The van der Waals surface area contributed by atoms with Gasteiger partial charge < -0.3 is 5.32 Å². The maximum Gasteiger partial charge on any atom is 0.0635 e. The summed E-state index contributed by atoms with van der Waals surface area (Å²) in [5.74, 6) is 0. The summed E-state index contributed by atoms with van der Waals surface area (Å²) in [6.45, 7) is 8.62. The lowest BCUT2D eigenvalue weighted by Crippen LogP contribution is -2.50. The van der Waals surface area contributed by atoms with Gasteiger partial charge in [-0.25, -0.2) is 0 Å². The minimum absolute atomic E-state index is 0.867. The van der Waals surface area contributed by atoms with E-state index in [0.29, 0.717) is 0 Å². The van der Waals surface area contributed by atoms with Gasteiger partial charge in [0.2, 0.25) is 0 Å². The Morgan fingerprint density at radius 2 is 1.90 bits per heavy atom. The fourth-order valence-electron chi connectivity index (χ4n) is 1.59. The van der Waals surface area contributed by atoms with Crippen LogP contribution in [0, 0.1) is 0 Å². The monoisotopic (exact) mass is 157 g/mol. The summed E-state index contributed by atoms with van der Waals surface area (Å²) in [4.78, 5) is 0. The van der Waals surface area contributed by atoms with E-state index in [9.17, 15) is 0 Å². The van der Waals surface area contributed by atoms with Crippen molar-refractivity contribution in [2.24, 2.45) is 0 Å². The molecular formula is C8H19NSi. The zero-order valence-corrected chi connectivity index (χ0v) is 8.41. The summed E-state index contributed by atoms with van der Waals surface area (Å²) in [6, 6.07) is 0. The zero-order chi connectivity index (χ0) is 7.61. The zero-order valence-electron chi connectivity index (χ0n) is 7.41. The minimum Gasteiger partial charge on any atom is -0.317 e. The lowest BCUT2D eigenvalue weighted by Gasteiger charge is -2.33. The van der Waals surface area contributed by atoms with Crippen molar-refractivity contribution < 1.29 is 0 Å². The van der Waals surface area contributed by atoms with Gasteiger partial charge in [0.25, 0.3) is 0 Å². The Bertz CT molecular complexity index is 100. The molecular weight excluding hydrogens is 138 g/mol. The van der Waals surface area contributed by atoms with Crippen molar-refractivity contribution in [2.75, 3.05) is 6.54 Å². The summed E-state index contributed by atoms with van der Waals surface area (Å²) in [5.41, 5.74) is 0.890. The summed E-state index contributed by atoms with van der Waals surface area (Å²) in [7, 11) is -0.867. The Morgan fingerprint density at radius 1 is 1.20 bits per heavy atom. The molecule has 1 atom stereocenters. The molecule has 0 aromatic carbocycles. The number of piperidine rings is 1. The van der Waals surface area contributed by atoms with Crippen LogP contribution in [-0.4, -0.2) is 20.3 Å². The van der Waals surface area contributed by atoms with Crippen molar-refractivity contribution in [3.05, 3.63) is 0 Å². The molecule has 60 valence electrons. The van der Waals surface area contributed by atoms with E-state index in [-0.39, 0.29) is 0 Å². The van der Waals surface area contributed by atoms with Gasteiger partial charge in [-0.05, 0) is 25.1 Å². The molecule has 2 heteroatoms. The first-order valence-electron chi connectivity index (χ1n) is 4.34. The van der Waals surface area contributed by atoms with Crippen LogP contribution in [0.25, 0.3) is 0 Å². The van der Waals surface area contributed by atoms with Crippen LogP contribution in [0.1, 0.15) is 19.3 Å². The second kappa shape index (κ2) is 3.05. The molecule has 10 heavy (non-hydrogen) atoms. The molecule has 1 fully saturated rings. The van der Waals surface area contributed by atoms with Gasteiger partial charge in [-0.15, -0.1) is 0 Å². The Hall–Kier alpha value is 0.177. The molecule has 0 radical (unpaired) electrons. The predicted molar refractivity (Wildman–Crippen MR) is 49.0 cm³/mol. The topological polar surface area (TPSA) is 12.0 Å². The van der Waals surface area contributed by atoms with E-state index in [0.717, 1.165) is 5.67 Å². The number of nitrogens with one attached hydrogen (secondary N) is 1. The molecule has 1 N–H and O–H groups in total. The first-order valence-corrected chi connectivity index (χ1v) is 7.92. The SMILES string of the molecule is C[Si](C)(C)[C@H]1CCCCN1. The lowest BCUT2D eigenvalue weighted by molar-refractivity contribution is 0.473. The van der Waals surface area contributed by atoms with Gasteiger partial charge in [0.05, 0.1) is 8.07 Å². The van der Waals surface area contributed by atoms with E-state index in [1.54, 1.807) is 0 Å². The molecule has 0 amide bonds. The Balaban J connectivity index is 2.39. The molecule has 0 saturated carbocycles. The highest BCUT2D eigenvalue weighted by atomic mass is 28.3. The summed E-state index contributed by atoms with van der Waals surface area (Å²) < 4.78 is 0. The Labute approximate surface area is 65.2 Å². The third kappa shape index (κ3) is 2.10. The maximum absolute atomic E-state index is 3.62. The van der Waals surface area contributed by atoms with Crippen LogP contribution in [-0.2, 0) is 0 Å². The molecule has 0 bridgehead atoms. The largest absolute Gasteiger partial charge is 0.317 e.